The zero-order valence-corrected chi connectivity index (χ0v) is 9.33. The number of piperidine rings is 1. The van der Waals surface area contributed by atoms with Crippen molar-refractivity contribution in [2.24, 2.45) is 0 Å². The molecule has 15 heavy (non-hydrogen) atoms. The summed E-state index contributed by atoms with van der Waals surface area (Å²) in [6.07, 6.45) is 2.15. The fraction of sp³-hybridized carbons (Fsp3) is 0.538. The Morgan fingerprint density at radius 3 is 2.47 bits per heavy atom. The van der Waals surface area contributed by atoms with Crippen LogP contribution in [0.4, 0.5) is 0 Å². The third-order valence-corrected chi connectivity index (χ3v) is 3.13. The maximum absolute atomic E-state index is 6.02. The van der Waals surface area contributed by atoms with Crippen LogP contribution >= 0.6 is 0 Å². The molecule has 2 nitrogen and oxygen atoms in total. The van der Waals surface area contributed by atoms with Crippen LogP contribution in [0.2, 0.25) is 0 Å². The molecule has 0 aliphatic carbocycles. The van der Waals surface area contributed by atoms with Gasteiger partial charge in [0.2, 0.25) is 0 Å². The molecule has 0 spiro atoms. The van der Waals surface area contributed by atoms with Crippen molar-refractivity contribution in [1.29, 1.82) is 0 Å². The molecule has 1 aliphatic rings. The van der Waals surface area contributed by atoms with Crippen LogP contribution in [0.5, 0.6) is 0 Å². The van der Waals surface area contributed by atoms with E-state index >= 15 is 0 Å². The molecule has 2 heteroatoms. The fourth-order valence-electron chi connectivity index (χ4n) is 2.37. The van der Waals surface area contributed by atoms with E-state index in [1.54, 1.807) is 0 Å². The second-order valence-corrected chi connectivity index (χ2v) is 4.04. The van der Waals surface area contributed by atoms with Crippen LogP contribution in [0.1, 0.15) is 25.3 Å². The van der Waals surface area contributed by atoms with E-state index in [-0.39, 0.29) is 5.60 Å². The summed E-state index contributed by atoms with van der Waals surface area (Å²) in [5.41, 5.74) is 1.29. The zero-order valence-electron chi connectivity index (χ0n) is 9.33. The smallest absolute Gasteiger partial charge is 0.0955 e. The highest BCUT2D eigenvalue weighted by Crippen LogP contribution is 2.34. The number of hydrogen-bond donors (Lipinski definition) is 1. The first-order valence-corrected chi connectivity index (χ1v) is 5.77. The highest BCUT2D eigenvalue weighted by atomic mass is 16.5. The Morgan fingerprint density at radius 2 is 1.87 bits per heavy atom. The molecule has 1 fully saturated rings. The van der Waals surface area contributed by atoms with Crippen molar-refractivity contribution >= 4 is 0 Å². The second-order valence-electron chi connectivity index (χ2n) is 4.04. The molecule has 0 unspecified atom stereocenters. The Hall–Kier alpha value is -0.860. The van der Waals surface area contributed by atoms with Gasteiger partial charge in [-0.3, -0.25) is 0 Å². The molecule has 82 valence electrons. The summed E-state index contributed by atoms with van der Waals surface area (Å²) in [6, 6.07) is 10.6. The molecule has 1 aliphatic heterocycles. The first kappa shape index (κ1) is 10.7. The summed E-state index contributed by atoms with van der Waals surface area (Å²) < 4.78 is 6.02. The normalized spacial score (nSPS) is 20.1. The maximum atomic E-state index is 6.02. The van der Waals surface area contributed by atoms with E-state index < -0.39 is 0 Å². The molecule has 1 saturated heterocycles. The molecule has 0 radical (unpaired) electrons. The van der Waals surface area contributed by atoms with Gasteiger partial charge in [0.05, 0.1) is 5.60 Å². The van der Waals surface area contributed by atoms with E-state index in [1.807, 2.05) is 0 Å². The van der Waals surface area contributed by atoms with Crippen molar-refractivity contribution in [3.63, 3.8) is 0 Å². The Balaban J connectivity index is 2.25. The van der Waals surface area contributed by atoms with Gasteiger partial charge in [-0.25, -0.2) is 0 Å². The first-order chi connectivity index (χ1) is 7.37. The predicted molar refractivity (Wildman–Crippen MR) is 61.8 cm³/mol. The Bertz CT molecular complexity index is 285. The van der Waals surface area contributed by atoms with Gasteiger partial charge in [-0.2, -0.15) is 0 Å². The van der Waals surface area contributed by atoms with E-state index in [0.717, 1.165) is 32.5 Å². The number of ether oxygens (including phenoxy) is 1. The van der Waals surface area contributed by atoms with Crippen molar-refractivity contribution in [2.45, 2.75) is 25.4 Å². The second kappa shape index (κ2) is 4.77. The van der Waals surface area contributed by atoms with Gasteiger partial charge in [0.1, 0.15) is 0 Å². The van der Waals surface area contributed by atoms with Crippen molar-refractivity contribution in [1.82, 2.24) is 5.32 Å². The highest BCUT2D eigenvalue weighted by molar-refractivity contribution is 5.23. The summed E-state index contributed by atoms with van der Waals surface area (Å²) in [4.78, 5) is 0. The standard InChI is InChI=1S/C13H19NO/c1-2-15-13(8-10-14-11-9-13)12-6-4-3-5-7-12/h3-7,14H,2,8-11H2,1H3. The van der Waals surface area contributed by atoms with Crippen molar-refractivity contribution in [2.75, 3.05) is 19.7 Å². The van der Waals surface area contributed by atoms with Gasteiger partial charge in [-0.1, -0.05) is 30.3 Å². The van der Waals surface area contributed by atoms with Crippen LogP contribution in [-0.4, -0.2) is 19.7 Å². The fourth-order valence-corrected chi connectivity index (χ4v) is 2.37. The van der Waals surface area contributed by atoms with E-state index in [2.05, 4.69) is 42.6 Å². The van der Waals surface area contributed by atoms with Crippen molar-refractivity contribution < 1.29 is 4.74 Å². The molecule has 1 aromatic carbocycles. The van der Waals surface area contributed by atoms with E-state index in [4.69, 9.17) is 4.74 Å². The molecular weight excluding hydrogens is 186 g/mol. The Kier molecular flexibility index (Phi) is 3.39. The lowest BCUT2D eigenvalue weighted by Crippen LogP contribution is -2.41. The van der Waals surface area contributed by atoms with Gasteiger partial charge in [-0.15, -0.1) is 0 Å². The van der Waals surface area contributed by atoms with Crippen LogP contribution in [0.3, 0.4) is 0 Å². The van der Waals surface area contributed by atoms with Crippen molar-refractivity contribution in [3.05, 3.63) is 35.9 Å². The average Bonchev–Trinajstić information content (AvgIpc) is 2.32. The molecule has 0 aromatic heterocycles. The average molecular weight is 205 g/mol. The van der Waals surface area contributed by atoms with Crippen LogP contribution < -0.4 is 5.32 Å². The monoisotopic (exact) mass is 205 g/mol. The van der Waals surface area contributed by atoms with Crippen LogP contribution in [0.15, 0.2) is 30.3 Å². The number of benzene rings is 1. The SMILES string of the molecule is CCOC1(c2ccccc2)CCNCC1. The predicted octanol–water partition coefficient (Wildman–Crippen LogP) is 2.30. The topological polar surface area (TPSA) is 21.3 Å². The minimum absolute atomic E-state index is 0.0404. The summed E-state index contributed by atoms with van der Waals surface area (Å²) in [6.45, 7) is 4.96. The molecule has 1 N–H and O–H groups in total. The molecular formula is C13H19NO. The summed E-state index contributed by atoms with van der Waals surface area (Å²) in [5, 5.41) is 3.39. The molecule has 0 saturated carbocycles. The first-order valence-electron chi connectivity index (χ1n) is 5.77. The summed E-state index contributed by atoms with van der Waals surface area (Å²) in [5.74, 6) is 0. The molecule has 0 atom stereocenters. The molecule has 1 aromatic rings. The minimum Gasteiger partial charge on any atom is -0.370 e. The molecule has 1 heterocycles. The van der Waals surface area contributed by atoms with Gasteiger partial charge < -0.3 is 10.1 Å². The quantitative estimate of drug-likeness (QED) is 0.817. The van der Waals surface area contributed by atoms with Crippen LogP contribution in [0.25, 0.3) is 0 Å². The zero-order chi connectivity index (χ0) is 10.6. The van der Waals surface area contributed by atoms with Crippen LogP contribution in [0, 0.1) is 0 Å². The largest absolute Gasteiger partial charge is 0.370 e. The number of rotatable bonds is 3. The van der Waals surface area contributed by atoms with Gasteiger partial charge >= 0.3 is 0 Å². The molecule has 0 bridgehead atoms. The Labute approximate surface area is 91.6 Å². The van der Waals surface area contributed by atoms with Gasteiger partial charge in [0, 0.05) is 6.61 Å². The molecule has 2 rings (SSSR count). The number of nitrogens with one attached hydrogen (secondary N) is 1. The van der Waals surface area contributed by atoms with E-state index in [9.17, 15) is 0 Å². The van der Waals surface area contributed by atoms with Gasteiger partial charge in [0.15, 0.2) is 0 Å². The third-order valence-electron chi connectivity index (χ3n) is 3.13. The Morgan fingerprint density at radius 1 is 1.20 bits per heavy atom. The lowest BCUT2D eigenvalue weighted by molar-refractivity contribution is -0.0655. The lowest BCUT2D eigenvalue weighted by atomic mass is 9.85. The summed E-state index contributed by atoms with van der Waals surface area (Å²) >= 11 is 0. The third kappa shape index (κ3) is 2.21. The van der Waals surface area contributed by atoms with E-state index in [1.165, 1.54) is 5.56 Å². The number of hydrogen-bond acceptors (Lipinski definition) is 2. The minimum atomic E-state index is -0.0404. The lowest BCUT2D eigenvalue weighted by Gasteiger charge is -2.37. The van der Waals surface area contributed by atoms with Gasteiger partial charge in [0.25, 0.3) is 0 Å². The highest BCUT2D eigenvalue weighted by Gasteiger charge is 2.34. The van der Waals surface area contributed by atoms with E-state index in [0.29, 0.717) is 0 Å². The van der Waals surface area contributed by atoms with Gasteiger partial charge in [-0.05, 0) is 38.4 Å². The van der Waals surface area contributed by atoms with Crippen LogP contribution in [-0.2, 0) is 10.3 Å². The summed E-state index contributed by atoms with van der Waals surface area (Å²) in [7, 11) is 0. The van der Waals surface area contributed by atoms with Crippen molar-refractivity contribution in [3.8, 4) is 0 Å². The maximum Gasteiger partial charge on any atom is 0.0955 e. The molecule has 0 amide bonds.